The van der Waals surface area contributed by atoms with Crippen molar-refractivity contribution < 1.29 is 5.11 Å². The van der Waals surface area contributed by atoms with Gasteiger partial charge in [-0.25, -0.2) is 4.98 Å². The molecule has 3 nitrogen and oxygen atoms in total. The van der Waals surface area contributed by atoms with Gasteiger partial charge >= 0.3 is 0 Å². The number of aliphatic hydroxyl groups is 1. The Morgan fingerprint density at radius 1 is 1.47 bits per heavy atom. The van der Waals surface area contributed by atoms with Crippen LogP contribution < -0.4 is 5.73 Å². The average Bonchev–Trinajstić information content (AvgIpc) is 2.27. The Morgan fingerprint density at radius 2 is 2.18 bits per heavy atom. The molecule has 0 aromatic carbocycles. The normalized spacial score (nSPS) is 33.6. The molecule has 3 N–H and O–H groups in total. The van der Waals surface area contributed by atoms with Crippen molar-refractivity contribution in [2.24, 2.45) is 11.8 Å². The molecule has 1 saturated carbocycles. The maximum atomic E-state index is 10.9. The van der Waals surface area contributed by atoms with Gasteiger partial charge in [0.05, 0.1) is 10.6 Å². The van der Waals surface area contributed by atoms with Crippen LogP contribution in [0.5, 0.6) is 0 Å². The summed E-state index contributed by atoms with van der Waals surface area (Å²) in [6, 6.07) is 1.75. The van der Waals surface area contributed by atoms with E-state index in [0.717, 1.165) is 19.3 Å². The van der Waals surface area contributed by atoms with E-state index in [1.807, 2.05) is 0 Å². The van der Waals surface area contributed by atoms with Crippen molar-refractivity contribution in [1.29, 1.82) is 0 Å². The molecular weight excluding hydrogens is 236 g/mol. The molecule has 0 aliphatic heterocycles. The van der Waals surface area contributed by atoms with Crippen molar-refractivity contribution in [3.8, 4) is 0 Å². The van der Waals surface area contributed by atoms with Gasteiger partial charge in [0, 0.05) is 11.8 Å². The summed E-state index contributed by atoms with van der Waals surface area (Å²) in [6.07, 6.45) is 4.39. The molecule has 0 bridgehead atoms. The van der Waals surface area contributed by atoms with Gasteiger partial charge in [0.15, 0.2) is 0 Å². The van der Waals surface area contributed by atoms with Crippen molar-refractivity contribution in [1.82, 2.24) is 4.98 Å². The van der Waals surface area contributed by atoms with Gasteiger partial charge in [-0.1, -0.05) is 31.9 Å². The molecule has 1 aromatic heterocycles. The van der Waals surface area contributed by atoms with E-state index in [9.17, 15) is 5.11 Å². The fourth-order valence-corrected chi connectivity index (χ4v) is 2.94. The molecule has 1 aliphatic rings. The van der Waals surface area contributed by atoms with E-state index in [1.54, 1.807) is 6.07 Å². The summed E-state index contributed by atoms with van der Waals surface area (Å²) >= 11 is 5.95. The molecule has 1 heterocycles. The first-order valence-corrected chi connectivity index (χ1v) is 6.45. The van der Waals surface area contributed by atoms with Crippen LogP contribution in [0.15, 0.2) is 12.3 Å². The van der Waals surface area contributed by atoms with E-state index in [-0.39, 0.29) is 5.92 Å². The Hall–Kier alpha value is -0.800. The third-order valence-corrected chi connectivity index (χ3v) is 4.13. The number of anilines is 1. The molecule has 0 radical (unpaired) electrons. The number of nitrogens with zero attached hydrogens (tertiary/aromatic N) is 1. The van der Waals surface area contributed by atoms with E-state index in [2.05, 4.69) is 18.8 Å². The quantitative estimate of drug-likeness (QED) is 0.810. The summed E-state index contributed by atoms with van der Waals surface area (Å²) in [5.74, 6) is 1.06. The topological polar surface area (TPSA) is 59.1 Å². The minimum atomic E-state index is -0.889. The SMILES string of the molecule is CC1CCC(C)C(O)(c2cc(Cl)cnc2N)C1. The first kappa shape index (κ1) is 12.7. The maximum Gasteiger partial charge on any atom is 0.129 e. The van der Waals surface area contributed by atoms with Gasteiger partial charge < -0.3 is 10.8 Å². The summed E-state index contributed by atoms with van der Waals surface area (Å²) in [7, 11) is 0. The van der Waals surface area contributed by atoms with Crippen LogP contribution in [0.3, 0.4) is 0 Å². The van der Waals surface area contributed by atoms with Crippen molar-refractivity contribution in [2.75, 3.05) is 5.73 Å². The van der Waals surface area contributed by atoms with Crippen LogP contribution in [0.25, 0.3) is 0 Å². The average molecular weight is 255 g/mol. The number of rotatable bonds is 1. The lowest BCUT2D eigenvalue weighted by Crippen LogP contribution is -2.39. The van der Waals surface area contributed by atoms with Gasteiger partial charge in [0.2, 0.25) is 0 Å². The highest BCUT2D eigenvalue weighted by molar-refractivity contribution is 6.30. The number of nitrogen functional groups attached to an aromatic ring is 1. The Morgan fingerprint density at radius 3 is 2.88 bits per heavy atom. The van der Waals surface area contributed by atoms with Gasteiger partial charge in [-0.3, -0.25) is 0 Å². The Balaban J connectivity index is 2.45. The molecule has 3 atom stereocenters. The molecule has 1 aromatic rings. The van der Waals surface area contributed by atoms with Crippen LogP contribution in [0.2, 0.25) is 5.02 Å². The van der Waals surface area contributed by atoms with Gasteiger partial charge in [0.1, 0.15) is 5.82 Å². The van der Waals surface area contributed by atoms with Crippen molar-refractivity contribution >= 4 is 17.4 Å². The minimum absolute atomic E-state index is 0.182. The highest BCUT2D eigenvalue weighted by atomic mass is 35.5. The van der Waals surface area contributed by atoms with Gasteiger partial charge in [-0.15, -0.1) is 0 Å². The van der Waals surface area contributed by atoms with E-state index >= 15 is 0 Å². The molecule has 0 amide bonds. The van der Waals surface area contributed by atoms with Crippen LogP contribution in [0.1, 0.15) is 38.7 Å². The monoisotopic (exact) mass is 254 g/mol. The zero-order valence-corrected chi connectivity index (χ0v) is 11.0. The second-order valence-corrected chi connectivity index (χ2v) is 5.73. The summed E-state index contributed by atoms with van der Waals surface area (Å²) in [5.41, 5.74) is 5.68. The van der Waals surface area contributed by atoms with E-state index < -0.39 is 5.60 Å². The van der Waals surface area contributed by atoms with Crippen molar-refractivity contribution in [3.63, 3.8) is 0 Å². The first-order chi connectivity index (χ1) is 7.93. The standard InChI is InChI=1S/C13H19ClN2O/c1-8-3-4-9(2)13(17,6-8)11-5-10(14)7-16-12(11)15/h5,7-9,17H,3-4,6H2,1-2H3,(H2,15,16). The second-order valence-electron chi connectivity index (χ2n) is 5.30. The number of hydrogen-bond donors (Lipinski definition) is 2. The molecule has 17 heavy (non-hydrogen) atoms. The number of hydrogen-bond acceptors (Lipinski definition) is 3. The molecule has 1 aliphatic carbocycles. The predicted octanol–water partition coefficient (Wildman–Crippen LogP) is 2.96. The van der Waals surface area contributed by atoms with E-state index in [0.29, 0.717) is 22.3 Å². The van der Waals surface area contributed by atoms with Crippen LogP contribution in [-0.4, -0.2) is 10.1 Å². The van der Waals surface area contributed by atoms with Crippen molar-refractivity contribution in [3.05, 3.63) is 22.8 Å². The number of halogens is 1. The maximum absolute atomic E-state index is 10.9. The van der Waals surface area contributed by atoms with Gasteiger partial charge in [0.25, 0.3) is 0 Å². The zero-order valence-electron chi connectivity index (χ0n) is 10.3. The smallest absolute Gasteiger partial charge is 0.129 e. The zero-order chi connectivity index (χ0) is 12.6. The number of pyridine rings is 1. The highest BCUT2D eigenvalue weighted by Crippen LogP contribution is 2.45. The second kappa shape index (κ2) is 4.46. The third-order valence-electron chi connectivity index (χ3n) is 3.92. The first-order valence-electron chi connectivity index (χ1n) is 6.07. The lowest BCUT2D eigenvalue weighted by molar-refractivity contribution is -0.0622. The molecule has 3 unspecified atom stereocenters. The highest BCUT2D eigenvalue weighted by Gasteiger charge is 2.41. The Bertz CT molecular complexity index is 424. The Labute approximate surface area is 107 Å². The summed E-state index contributed by atoms with van der Waals surface area (Å²) in [6.45, 7) is 4.22. The molecule has 0 spiro atoms. The van der Waals surface area contributed by atoms with Crippen LogP contribution >= 0.6 is 11.6 Å². The molecule has 0 saturated heterocycles. The fraction of sp³-hybridized carbons (Fsp3) is 0.615. The van der Waals surface area contributed by atoms with Crippen LogP contribution in [-0.2, 0) is 5.60 Å². The van der Waals surface area contributed by atoms with Crippen LogP contribution in [0, 0.1) is 11.8 Å². The molecular formula is C13H19ClN2O. The van der Waals surface area contributed by atoms with Crippen LogP contribution in [0.4, 0.5) is 5.82 Å². The molecule has 94 valence electrons. The van der Waals surface area contributed by atoms with E-state index in [1.165, 1.54) is 6.20 Å². The largest absolute Gasteiger partial charge is 0.385 e. The number of nitrogens with two attached hydrogens (primary N) is 1. The van der Waals surface area contributed by atoms with E-state index in [4.69, 9.17) is 17.3 Å². The van der Waals surface area contributed by atoms with Crippen molar-refractivity contribution in [2.45, 2.75) is 38.7 Å². The molecule has 4 heteroatoms. The lowest BCUT2D eigenvalue weighted by atomic mass is 9.69. The number of aromatic nitrogens is 1. The predicted molar refractivity (Wildman–Crippen MR) is 69.7 cm³/mol. The minimum Gasteiger partial charge on any atom is -0.385 e. The van der Waals surface area contributed by atoms with Gasteiger partial charge in [-0.05, 0) is 30.7 Å². The molecule has 2 rings (SSSR count). The Kier molecular flexibility index (Phi) is 3.32. The fourth-order valence-electron chi connectivity index (χ4n) is 2.78. The molecule has 1 fully saturated rings. The third kappa shape index (κ3) is 2.26. The summed E-state index contributed by atoms with van der Waals surface area (Å²) in [4.78, 5) is 4.04. The summed E-state index contributed by atoms with van der Waals surface area (Å²) < 4.78 is 0. The van der Waals surface area contributed by atoms with Gasteiger partial charge in [-0.2, -0.15) is 0 Å². The lowest BCUT2D eigenvalue weighted by Gasteiger charge is -2.41. The summed E-state index contributed by atoms with van der Waals surface area (Å²) in [5, 5.41) is 11.4.